The highest BCUT2D eigenvalue weighted by Crippen LogP contribution is 2.27. The minimum absolute atomic E-state index is 1.18. The van der Waals surface area contributed by atoms with Crippen LogP contribution in [0.15, 0.2) is 42.5 Å². The zero-order valence-electron chi connectivity index (χ0n) is 10.1. The first kappa shape index (κ1) is 11.2. The lowest BCUT2D eigenvalue weighted by molar-refractivity contribution is 0.599. The fraction of sp³-hybridized carbons (Fsp3) is 0.375. The molecule has 1 aliphatic carbocycles. The fourth-order valence-corrected chi connectivity index (χ4v) is 2.41. The first-order valence-electron chi connectivity index (χ1n) is 6.22. The zero-order valence-corrected chi connectivity index (χ0v) is 10.1. The normalized spacial score (nSPS) is 15.9. The van der Waals surface area contributed by atoms with Gasteiger partial charge in [-0.15, -0.1) is 0 Å². The molecular formula is C16H20. The van der Waals surface area contributed by atoms with Gasteiger partial charge in [-0.2, -0.15) is 0 Å². The Morgan fingerprint density at radius 2 is 1.81 bits per heavy atom. The molecule has 1 saturated carbocycles. The first-order valence-corrected chi connectivity index (χ1v) is 6.22. The maximum Gasteiger partial charge on any atom is -0.0161 e. The van der Waals surface area contributed by atoms with Gasteiger partial charge in [-0.05, 0) is 49.3 Å². The fourth-order valence-electron chi connectivity index (χ4n) is 2.41. The van der Waals surface area contributed by atoms with E-state index in [4.69, 9.17) is 0 Å². The van der Waals surface area contributed by atoms with Crippen LogP contribution in [0.25, 0.3) is 5.57 Å². The van der Waals surface area contributed by atoms with Gasteiger partial charge in [0.05, 0.1) is 0 Å². The summed E-state index contributed by atoms with van der Waals surface area (Å²) >= 11 is 0. The van der Waals surface area contributed by atoms with Crippen molar-refractivity contribution < 1.29 is 0 Å². The Balaban J connectivity index is 2.16. The minimum atomic E-state index is 1.18. The third-order valence-electron chi connectivity index (χ3n) is 3.37. The van der Waals surface area contributed by atoms with E-state index in [0.29, 0.717) is 0 Å². The molecule has 0 N–H and O–H groups in total. The highest BCUT2D eigenvalue weighted by Gasteiger charge is 2.06. The molecule has 1 aromatic rings. The summed E-state index contributed by atoms with van der Waals surface area (Å²) < 4.78 is 0. The summed E-state index contributed by atoms with van der Waals surface area (Å²) in [4.78, 5) is 0. The zero-order chi connectivity index (χ0) is 11.4. The maximum absolute atomic E-state index is 4.20. The molecule has 0 radical (unpaired) electrons. The van der Waals surface area contributed by atoms with E-state index >= 15 is 0 Å². The van der Waals surface area contributed by atoms with Crippen LogP contribution < -0.4 is 0 Å². The van der Waals surface area contributed by atoms with Crippen molar-refractivity contribution in [3.8, 4) is 0 Å². The Bertz CT molecular complexity index is 402. The van der Waals surface area contributed by atoms with E-state index in [0.717, 1.165) is 0 Å². The van der Waals surface area contributed by atoms with Crippen LogP contribution in [0.2, 0.25) is 0 Å². The molecule has 84 valence electrons. The number of allylic oxidation sites excluding steroid dienone is 3. The van der Waals surface area contributed by atoms with Crippen LogP contribution in [0.3, 0.4) is 0 Å². The average molecular weight is 212 g/mol. The number of hydrogen-bond acceptors (Lipinski definition) is 0. The number of aryl methyl sites for hydroxylation is 1. The third kappa shape index (κ3) is 2.63. The molecule has 0 amide bonds. The molecule has 0 bridgehead atoms. The number of hydrogen-bond donors (Lipinski definition) is 0. The topological polar surface area (TPSA) is 0 Å². The molecule has 0 spiro atoms. The Hall–Kier alpha value is -1.30. The van der Waals surface area contributed by atoms with Crippen molar-refractivity contribution in [3.63, 3.8) is 0 Å². The molecule has 0 aromatic heterocycles. The lowest BCUT2D eigenvalue weighted by Gasteiger charge is -2.14. The molecule has 0 nitrogen and oxygen atoms in total. The summed E-state index contributed by atoms with van der Waals surface area (Å²) in [5.41, 5.74) is 5.37. The van der Waals surface area contributed by atoms with E-state index in [9.17, 15) is 0 Å². The Kier molecular flexibility index (Phi) is 3.61. The first-order chi connectivity index (χ1) is 7.77. The van der Waals surface area contributed by atoms with Gasteiger partial charge < -0.3 is 0 Å². The third-order valence-corrected chi connectivity index (χ3v) is 3.37. The van der Waals surface area contributed by atoms with Crippen molar-refractivity contribution in [3.05, 3.63) is 53.6 Å². The minimum Gasteiger partial charge on any atom is -0.0912 e. The van der Waals surface area contributed by atoms with Gasteiger partial charge in [0.15, 0.2) is 0 Å². The number of benzene rings is 1. The van der Waals surface area contributed by atoms with E-state index in [1.165, 1.54) is 48.8 Å². The second-order valence-electron chi connectivity index (χ2n) is 4.70. The smallest absolute Gasteiger partial charge is 0.0161 e. The summed E-state index contributed by atoms with van der Waals surface area (Å²) in [6.07, 6.45) is 8.95. The van der Waals surface area contributed by atoms with Gasteiger partial charge >= 0.3 is 0 Å². The standard InChI is InChI=1S/C16H20/c1-13-8-6-7-11-16(13)14(2)12-15-9-4-3-5-10-15/h6-8,11-12H,2-5,9-10H2,1H3. The molecule has 1 fully saturated rings. The van der Waals surface area contributed by atoms with Crippen LogP contribution in [0.4, 0.5) is 0 Å². The van der Waals surface area contributed by atoms with Crippen LogP contribution >= 0.6 is 0 Å². The van der Waals surface area contributed by atoms with Crippen molar-refractivity contribution in [1.29, 1.82) is 0 Å². The van der Waals surface area contributed by atoms with E-state index in [1.54, 1.807) is 5.57 Å². The van der Waals surface area contributed by atoms with Crippen LogP contribution in [0.1, 0.15) is 43.2 Å². The lowest BCUT2D eigenvalue weighted by Crippen LogP contribution is -1.94. The largest absolute Gasteiger partial charge is 0.0912 e. The van der Waals surface area contributed by atoms with Gasteiger partial charge in [0.1, 0.15) is 0 Å². The van der Waals surface area contributed by atoms with Crippen LogP contribution in [-0.4, -0.2) is 0 Å². The second kappa shape index (κ2) is 5.16. The quantitative estimate of drug-likeness (QED) is 0.654. The van der Waals surface area contributed by atoms with Crippen LogP contribution in [0, 0.1) is 6.92 Å². The van der Waals surface area contributed by atoms with Gasteiger partial charge in [0, 0.05) is 0 Å². The molecule has 0 aliphatic heterocycles. The summed E-state index contributed by atoms with van der Waals surface area (Å²) in [6.45, 7) is 6.36. The maximum atomic E-state index is 4.20. The van der Waals surface area contributed by atoms with Crippen molar-refractivity contribution in [2.24, 2.45) is 0 Å². The summed E-state index contributed by atoms with van der Waals surface area (Å²) in [7, 11) is 0. The molecule has 0 heterocycles. The highest BCUT2D eigenvalue weighted by molar-refractivity contribution is 5.74. The van der Waals surface area contributed by atoms with Gasteiger partial charge in [0.2, 0.25) is 0 Å². The molecule has 16 heavy (non-hydrogen) atoms. The number of rotatable bonds is 2. The Morgan fingerprint density at radius 1 is 1.12 bits per heavy atom. The van der Waals surface area contributed by atoms with E-state index in [2.05, 4.69) is 43.8 Å². The average Bonchev–Trinajstić information content (AvgIpc) is 2.31. The Labute approximate surface area is 98.7 Å². The molecule has 1 aliphatic rings. The van der Waals surface area contributed by atoms with Crippen LogP contribution in [-0.2, 0) is 0 Å². The molecule has 1 aromatic carbocycles. The molecule has 0 saturated heterocycles. The van der Waals surface area contributed by atoms with Gasteiger partial charge in [0.25, 0.3) is 0 Å². The predicted octanol–water partition coefficient (Wildman–Crippen LogP) is 4.90. The molecule has 0 heteroatoms. The molecule has 0 atom stereocenters. The van der Waals surface area contributed by atoms with Crippen molar-refractivity contribution in [2.75, 3.05) is 0 Å². The molecule has 0 unspecified atom stereocenters. The monoisotopic (exact) mass is 212 g/mol. The lowest BCUT2D eigenvalue weighted by atomic mass is 9.91. The predicted molar refractivity (Wildman–Crippen MR) is 71.4 cm³/mol. The van der Waals surface area contributed by atoms with Crippen molar-refractivity contribution in [2.45, 2.75) is 39.0 Å². The van der Waals surface area contributed by atoms with E-state index < -0.39 is 0 Å². The summed E-state index contributed by atoms with van der Waals surface area (Å²) in [5, 5.41) is 0. The van der Waals surface area contributed by atoms with Crippen LogP contribution in [0.5, 0.6) is 0 Å². The molecular weight excluding hydrogens is 192 g/mol. The van der Waals surface area contributed by atoms with Crippen molar-refractivity contribution in [1.82, 2.24) is 0 Å². The van der Waals surface area contributed by atoms with E-state index in [1.807, 2.05) is 0 Å². The summed E-state index contributed by atoms with van der Waals surface area (Å²) in [6, 6.07) is 8.49. The highest BCUT2D eigenvalue weighted by atomic mass is 14.1. The van der Waals surface area contributed by atoms with Gasteiger partial charge in [-0.25, -0.2) is 0 Å². The van der Waals surface area contributed by atoms with Gasteiger partial charge in [-0.3, -0.25) is 0 Å². The Morgan fingerprint density at radius 3 is 2.50 bits per heavy atom. The van der Waals surface area contributed by atoms with Gasteiger partial charge in [-0.1, -0.05) is 48.9 Å². The van der Waals surface area contributed by atoms with E-state index in [-0.39, 0.29) is 0 Å². The molecule has 2 rings (SSSR count). The second-order valence-corrected chi connectivity index (χ2v) is 4.70. The summed E-state index contributed by atoms with van der Waals surface area (Å²) in [5.74, 6) is 0. The SMILES string of the molecule is C=C(C=C1CCCCC1)c1ccccc1C. The van der Waals surface area contributed by atoms with Crippen molar-refractivity contribution >= 4 is 5.57 Å².